The zero-order chi connectivity index (χ0) is 17.7. The molecular weight excluding hydrogens is 345 g/mol. The van der Waals surface area contributed by atoms with Crippen LogP contribution < -0.4 is 0 Å². The average Bonchev–Trinajstić information content (AvgIpc) is 2.50. The Hall–Kier alpha value is -1.07. The molecule has 0 saturated carbocycles. The molecule has 130 valence electrons. The second-order valence-corrected chi connectivity index (χ2v) is 7.87. The summed E-state index contributed by atoms with van der Waals surface area (Å²) >= 11 is 7.45. The lowest BCUT2D eigenvalue weighted by molar-refractivity contribution is 0.0410. The molecule has 0 saturated heterocycles. The molecule has 2 nitrogen and oxygen atoms in total. The van der Waals surface area contributed by atoms with Crippen molar-refractivity contribution in [2.24, 2.45) is 0 Å². The van der Waals surface area contributed by atoms with Gasteiger partial charge in [0, 0.05) is 14.8 Å². The lowest BCUT2D eigenvalue weighted by Gasteiger charge is -2.27. The molecule has 0 bridgehead atoms. The van der Waals surface area contributed by atoms with Crippen molar-refractivity contribution in [3.05, 3.63) is 58.9 Å². The first-order valence-corrected chi connectivity index (χ1v) is 9.08. The van der Waals surface area contributed by atoms with Crippen LogP contribution >= 0.6 is 23.4 Å². The van der Waals surface area contributed by atoms with Crippen molar-refractivity contribution in [1.82, 2.24) is 4.90 Å². The van der Waals surface area contributed by atoms with E-state index in [2.05, 4.69) is 4.90 Å². The van der Waals surface area contributed by atoms with Gasteiger partial charge in [0.05, 0.1) is 5.60 Å². The summed E-state index contributed by atoms with van der Waals surface area (Å²) in [6, 6.07) is 12.0. The van der Waals surface area contributed by atoms with Gasteiger partial charge in [-0.05, 0) is 76.3 Å². The van der Waals surface area contributed by atoms with Gasteiger partial charge in [-0.3, -0.25) is 0 Å². The fourth-order valence-electron chi connectivity index (χ4n) is 2.53. The predicted molar refractivity (Wildman–Crippen MR) is 99.3 cm³/mol. The number of hydrogen-bond donors (Lipinski definition) is 1. The summed E-state index contributed by atoms with van der Waals surface area (Å²) in [6.07, 6.45) is 1.46. The van der Waals surface area contributed by atoms with Crippen molar-refractivity contribution in [3.8, 4) is 0 Å². The normalized spacial score (nSPS) is 14.0. The van der Waals surface area contributed by atoms with E-state index in [0.29, 0.717) is 16.3 Å². The smallest absolute Gasteiger partial charge is 0.137 e. The number of nitrogens with zero attached hydrogens (tertiary/aromatic N) is 1. The molecule has 0 aliphatic rings. The average molecular weight is 368 g/mol. The lowest BCUT2D eigenvalue weighted by atomic mass is 9.91. The second kappa shape index (κ2) is 8.34. The van der Waals surface area contributed by atoms with Gasteiger partial charge in [0.2, 0.25) is 0 Å². The van der Waals surface area contributed by atoms with Crippen LogP contribution in [0, 0.1) is 5.82 Å². The quantitative estimate of drug-likeness (QED) is 0.729. The highest BCUT2D eigenvalue weighted by Gasteiger charge is 2.26. The molecule has 5 heteroatoms. The van der Waals surface area contributed by atoms with Crippen molar-refractivity contribution in [1.29, 1.82) is 0 Å². The number of hydrogen-bond acceptors (Lipinski definition) is 3. The molecule has 0 aliphatic carbocycles. The Morgan fingerprint density at radius 3 is 2.54 bits per heavy atom. The molecule has 0 amide bonds. The van der Waals surface area contributed by atoms with Crippen LogP contribution in [-0.4, -0.2) is 30.6 Å². The Morgan fingerprint density at radius 1 is 1.17 bits per heavy atom. The first-order chi connectivity index (χ1) is 11.3. The highest BCUT2D eigenvalue weighted by atomic mass is 35.5. The summed E-state index contributed by atoms with van der Waals surface area (Å²) in [7, 11) is 4.02. The maximum absolute atomic E-state index is 14.0. The third-order valence-corrected chi connectivity index (χ3v) is 5.21. The van der Waals surface area contributed by atoms with E-state index in [1.165, 1.54) is 17.8 Å². The fourth-order valence-corrected chi connectivity index (χ4v) is 3.78. The van der Waals surface area contributed by atoms with Crippen LogP contribution in [0.2, 0.25) is 5.02 Å². The minimum absolute atomic E-state index is 0.268. The van der Waals surface area contributed by atoms with Crippen LogP contribution in [0.3, 0.4) is 0 Å². The van der Waals surface area contributed by atoms with Crippen molar-refractivity contribution in [2.45, 2.75) is 35.2 Å². The Balaban J connectivity index is 2.28. The maximum Gasteiger partial charge on any atom is 0.137 e. The molecule has 0 aromatic heterocycles. The molecule has 1 unspecified atom stereocenters. The maximum atomic E-state index is 14.0. The second-order valence-electron chi connectivity index (χ2n) is 6.35. The molecule has 0 radical (unpaired) electrons. The van der Waals surface area contributed by atoms with Crippen molar-refractivity contribution < 1.29 is 9.50 Å². The van der Waals surface area contributed by atoms with Crippen LogP contribution in [0.4, 0.5) is 4.39 Å². The van der Waals surface area contributed by atoms with Crippen LogP contribution in [0.5, 0.6) is 0 Å². The zero-order valence-corrected chi connectivity index (χ0v) is 15.8. The largest absolute Gasteiger partial charge is 0.385 e. The summed E-state index contributed by atoms with van der Waals surface area (Å²) in [5.74, 6) is -0.268. The summed E-state index contributed by atoms with van der Waals surface area (Å²) < 4.78 is 14.0. The van der Waals surface area contributed by atoms with Gasteiger partial charge in [0.25, 0.3) is 0 Å². The molecule has 1 atom stereocenters. The summed E-state index contributed by atoms with van der Waals surface area (Å²) in [4.78, 5) is 3.44. The Kier molecular flexibility index (Phi) is 6.70. The highest BCUT2D eigenvalue weighted by molar-refractivity contribution is 7.99. The van der Waals surface area contributed by atoms with Crippen LogP contribution in [-0.2, 0) is 5.60 Å². The van der Waals surface area contributed by atoms with E-state index in [-0.39, 0.29) is 5.82 Å². The molecule has 24 heavy (non-hydrogen) atoms. The molecule has 0 aliphatic heterocycles. The fraction of sp³-hybridized carbons (Fsp3) is 0.368. The molecule has 2 aromatic carbocycles. The van der Waals surface area contributed by atoms with E-state index < -0.39 is 5.60 Å². The van der Waals surface area contributed by atoms with Crippen molar-refractivity contribution in [3.63, 3.8) is 0 Å². The van der Waals surface area contributed by atoms with Crippen molar-refractivity contribution >= 4 is 23.4 Å². The first-order valence-electron chi connectivity index (χ1n) is 7.89. The summed E-state index contributed by atoms with van der Waals surface area (Å²) in [5.41, 5.74) is -0.281. The number of halogens is 2. The van der Waals surface area contributed by atoms with Crippen LogP contribution in [0.15, 0.2) is 52.3 Å². The van der Waals surface area contributed by atoms with Crippen LogP contribution in [0.25, 0.3) is 0 Å². The van der Waals surface area contributed by atoms with Gasteiger partial charge < -0.3 is 10.0 Å². The minimum atomic E-state index is -1.02. The predicted octanol–water partition coefficient (Wildman–Crippen LogP) is 5.18. The topological polar surface area (TPSA) is 23.5 Å². The van der Waals surface area contributed by atoms with E-state index in [1.807, 2.05) is 20.2 Å². The zero-order valence-electron chi connectivity index (χ0n) is 14.2. The summed E-state index contributed by atoms with van der Waals surface area (Å²) in [5, 5.41) is 11.5. The Morgan fingerprint density at radius 2 is 1.88 bits per heavy atom. The molecule has 2 rings (SSSR count). The highest BCUT2D eigenvalue weighted by Crippen LogP contribution is 2.39. The monoisotopic (exact) mass is 367 g/mol. The van der Waals surface area contributed by atoms with E-state index in [1.54, 1.807) is 37.3 Å². The Labute approximate surface area is 152 Å². The van der Waals surface area contributed by atoms with Gasteiger partial charge in [0.1, 0.15) is 5.82 Å². The lowest BCUT2D eigenvalue weighted by Crippen LogP contribution is -2.24. The first kappa shape index (κ1) is 19.3. The van der Waals surface area contributed by atoms with Gasteiger partial charge in [-0.25, -0.2) is 4.39 Å². The van der Waals surface area contributed by atoms with Gasteiger partial charge >= 0.3 is 0 Å². The SMILES string of the molecule is CN(C)CCCC(C)(O)c1cc(Cl)ccc1Sc1ccccc1F. The van der Waals surface area contributed by atoms with Crippen molar-refractivity contribution in [2.75, 3.05) is 20.6 Å². The van der Waals surface area contributed by atoms with E-state index in [4.69, 9.17) is 11.6 Å². The number of benzene rings is 2. The van der Waals surface area contributed by atoms with Crippen LogP contribution in [0.1, 0.15) is 25.3 Å². The number of rotatable bonds is 7. The van der Waals surface area contributed by atoms with E-state index in [9.17, 15) is 9.50 Å². The molecule has 2 aromatic rings. The summed E-state index contributed by atoms with van der Waals surface area (Å²) in [6.45, 7) is 2.69. The van der Waals surface area contributed by atoms with Gasteiger partial charge in [-0.2, -0.15) is 0 Å². The van der Waals surface area contributed by atoms with Gasteiger partial charge in [-0.15, -0.1) is 0 Å². The minimum Gasteiger partial charge on any atom is -0.385 e. The molecule has 0 fully saturated rings. The van der Waals surface area contributed by atoms with Gasteiger partial charge in [-0.1, -0.05) is 35.5 Å². The third kappa shape index (κ3) is 5.21. The number of aliphatic hydroxyl groups is 1. The van der Waals surface area contributed by atoms with E-state index >= 15 is 0 Å². The molecule has 0 spiro atoms. The van der Waals surface area contributed by atoms with Gasteiger partial charge in [0.15, 0.2) is 0 Å². The Bertz CT molecular complexity index is 691. The molecule has 1 N–H and O–H groups in total. The standard InChI is InChI=1S/C19H23ClFNOS/c1-19(23,11-6-12-22(2)3)15-13-14(20)9-10-17(15)24-18-8-5-4-7-16(18)21/h4-5,7-10,13,23H,6,11-12H2,1-3H3. The van der Waals surface area contributed by atoms with E-state index in [0.717, 1.165) is 23.4 Å². The molecular formula is C19H23ClFNOS. The molecule has 0 heterocycles. The third-order valence-electron chi connectivity index (χ3n) is 3.85.